The van der Waals surface area contributed by atoms with E-state index in [2.05, 4.69) is 4.90 Å². The molecule has 1 aliphatic rings. The molecule has 0 aromatic rings. The van der Waals surface area contributed by atoms with E-state index in [9.17, 15) is 13.2 Å². The number of nitrogens with zero attached hydrogens (tertiary/aromatic N) is 2. The van der Waals surface area contributed by atoms with E-state index < -0.39 is 22.3 Å². The van der Waals surface area contributed by atoms with Gasteiger partial charge in [-0.15, -0.1) is 0 Å². The second-order valence-corrected chi connectivity index (χ2v) is 5.21. The van der Waals surface area contributed by atoms with Crippen molar-refractivity contribution in [3.05, 3.63) is 0 Å². The van der Waals surface area contributed by atoms with Gasteiger partial charge in [-0.05, 0) is 26.4 Å². The van der Waals surface area contributed by atoms with Gasteiger partial charge in [-0.2, -0.15) is 8.42 Å². The highest BCUT2D eigenvalue weighted by Gasteiger charge is 2.22. The van der Waals surface area contributed by atoms with Crippen molar-refractivity contribution in [2.45, 2.75) is 18.9 Å². The second kappa shape index (κ2) is 8.26. The highest BCUT2D eigenvalue weighted by molar-refractivity contribution is 7.71. The third-order valence-electron chi connectivity index (χ3n) is 3.08. The Morgan fingerprint density at radius 3 is 2.63 bits per heavy atom. The monoisotopic (exact) mass is 292 g/mol. The lowest BCUT2D eigenvalue weighted by Crippen LogP contribution is -2.40. The summed E-state index contributed by atoms with van der Waals surface area (Å²) in [5.74, 6) is -1.01. The molecule has 1 fully saturated rings. The molecule has 0 bridgehead atoms. The number of ether oxygens (including phenoxy) is 1. The number of likely N-dealkylation sites (N-methyl/N-ethyl adjacent to an activating group) is 1. The predicted octanol–water partition coefficient (Wildman–Crippen LogP) is -0.877. The lowest BCUT2D eigenvalue weighted by molar-refractivity contribution is -0.141. The Kier molecular flexibility index (Phi) is 7.00. The van der Waals surface area contributed by atoms with Gasteiger partial charge in [0.15, 0.2) is 0 Å². The number of rotatable bonds is 7. The summed E-state index contributed by atoms with van der Waals surface area (Å²) in [4.78, 5) is 14.6. The Balaban J connectivity index is 2.41. The van der Waals surface area contributed by atoms with Gasteiger partial charge in [-0.3, -0.25) is 14.6 Å². The minimum absolute atomic E-state index is 0.414. The van der Waals surface area contributed by atoms with Crippen LogP contribution in [0.1, 0.15) is 12.8 Å². The van der Waals surface area contributed by atoms with E-state index in [-0.39, 0.29) is 0 Å². The molecule has 19 heavy (non-hydrogen) atoms. The van der Waals surface area contributed by atoms with Crippen LogP contribution in [0.3, 0.4) is 0 Å². The first kappa shape index (κ1) is 16.1. The van der Waals surface area contributed by atoms with Crippen molar-refractivity contribution in [1.29, 1.82) is 0 Å². The molecule has 7 nitrogen and oxygen atoms in total. The first-order valence-electron chi connectivity index (χ1n) is 6.18. The summed E-state index contributed by atoms with van der Waals surface area (Å²) in [5, 5.41) is 9.10. The molecule has 0 spiro atoms. The molecule has 1 saturated heterocycles. The van der Waals surface area contributed by atoms with E-state index in [0.717, 1.165) is 25.1 Å². The quantitative estimate of drug-likeness (QED) is 0.610. The van der Waals surface area contributed by atoms with Gasteiger partial charge in [0.1, 0.15) is 11.5 Å². The number of carbonyl (C=O) groups is 1. The fourth-order valence-corrected chi connectivity index (χ4v) is 2.46. The van der Waals surface area contributed by atoms with Crippen LogP contribution in [0.25, 0.3) is 0 Å². The molecule has 1 N–H and O–H groups in total. The molecular formula is C11H20N2O5S. The molecule has 1 atom stereocenters. The van der Waals surface area contributed by atoms with Gasteiger partial charge in [0.25, 0.3) is 0 Å². The van der Waals surface area contributed by atoms with Crippen molar-refractivity contribution in [3.8, 4) is 0 Å². The Bertz CT molecular complexity index is 409. The Hall–Kier alpha value is -0.960. The van der Waals surface area contributed by atoms with Crippen LogP contribution >= 0.6 is 0 Å². The smallest absolute Gasteiger partial charge is 0.321 e. The van der Waals surface area contributed by atoms with Crippen LogP contribution in [-0.2, 0) is 19.8 Å². The van der Waals surface area contributed by atoms with Crippen LogP contribution in [0.4, 0.5) is 0 Å². The van der Waals surface area contributed by atoms with Gasteiger partial charge in [0.05, 0.1) is 13.2 Å². The highest BCUT2D eigenvalue weighted by atomic mass is 32.2. The maximum atomic E-state index is 11.1. The van der Waals surface area contributed by atoms with Crippen molar-refractivity contribution < 1.29 is 23.1 Å². The third kappa shape index (κ3) is 6.15. The summed E-state index contributed by atoms with van der Waals surface area (Å²) < 4.78 is 26.3. The van der Waals surface area contributed by atoms with Crippen molar-refractivity contribution in [2.75, 3.05) is 39.9 Å². The summed E-state index contributed by atoms with van der Waals surface area (Å²) in [6.45, 7) is 3.96. The Labute approximate surface area is 114 Å². The average molecular weight is 292 g/mol. The van der Waals surface area contributed by atoms with Crippen LogP contribution in [0.15, 0.2) is 0 Å². The number of hydrogen-bond donors (Lipinski definition) is 1. The van der Waals surface area contributed by atoms with Crippen molar-refractivity contribution >= 4 is 21.8 Å². The number of hydrogen-bond acceptors (Lipinski definition) is 5. The molecule has 0 aromatic carbocycles. The molecule has 0 saturated carbocycles. The zero-order chi connectivity index (χ0) is 14.3. The van der Waals surface area contributed by atoms with E-state index >= 15 is 0 Å². The molecule has 0 aliphatic carbocycles. The molecule has 1 aliphatic heterocycles. The van der Waals surface area contributed by atoms with Gasteiger partial charge in [-0.1, -0.05) is 0 Å². The maximum Gasteiger partial charge on any atom is 0.321 e. The average Bonchev–Trinajstić information content (AvgIpc) is 2.34. The summed E-state index contributed by atoms with van der Waals surface area (Å²) in [6.07, 6.45) is 1.12. The van der Waals surface area contributed by atoms with Crippen LogP contribution in [0.2, 0.25) is 0 Å². The first-order valence-corrected chi connectivity index (χ1v) is 7.32. The summed E-state index contributed by atoms with van der Waals surface area (Å²) in [7, 11) is -0.920. The lowest BCUT2D eigenvalue weighted by atomic mass is 10.1. The van der Waals surface area contributed by atoms with Crippen molar-refractivity contribution in [2.24, 2.45) is 0 Å². The van der Waals surface area contributed by atoms with E-state index in [1.54, 1.807) is 0 Å². The molecule has 8 heteroatoms. The summed E-state index contributed by atoms with van der Waals surface area (Å²) >= 11 is 0. The topological polar surface area (TPSA) is 87.2 Å². The Morgan fingerprint density at radius 1 is 1.47 bits per heavy atom. The van der Waals surface area contributed by atoms with Crippen LogP contribution in [0.5, 0.6) is 0 Å². The molecule has 0 aromatic heterocycles. The molecular weight excluding hydrogens is 272 g/mol. The van der Waals surface area contributed by atoms with Gasteiger partial charge < -0.3 is 9.84 Å². The van der Waals surface area contributed by atoms with E-state index in [1.807, 2.05) is 0 Å². The van der Waals surface area contributed by atoms with Crippen LogP contribution in [-0.4, -0.2) is 80.7 Å². The number of aliphatic carboxylic acids is 1. The first-order chi connectivity index (χ1) is 9.00. The number of morpholine rings is 1. The van der Waals surface area contributed by atoms with E-state index in [0.29, 0.717) is 26.1 Å². The number of carboxylic acid groups (broad SMARTS) is 1. The van der Waals surface area contributed by atoms with Gasteiger partial charge in [-0.25, -0.2) is 0 Å². The molecule has 0 radical (unpaired) electrons. The predicted molar refractivity (Wildman–Crippen MR) is 70.7 cm³/mol. The normalized spacial score (nSPS) is 18.2. The SMILES string of the molecule is CN(C=S(=O)=O)[C@@H](CCCN1CCOCC1)C(=O)O. The molecule has 0 amide bonds. The zero-order valence-electron chi connectivity index (χ0n) is 11.0. The summed E-state index contributed by atoms with van der Waals surface area (Å²) in [6, 6.07) is -0.807. The molecule has 0 unspecified atom stereocenters. The van der Waals surface area contributed by atoms with Gasteiger partial charge in [0, 0.05) is 13.1 Å². The number of carboxylic acids is 1. The zero-order valence-corrected chi connectivity index (χ0v) is 11.8. The van der Waals surface area contributed by atoms with E-state index in [4.69, 9.17) is 9.84 Å². The maximum absolute atomic E-state index is 11.1. The minimum Gasteiger partial charge on any atom is -0.480 e. The summed E-state index contributed by atoms with van der Waals surface area (Å²) in [5.41, 5.74) is 0.896. The molecule has 1 rings (SSSR count). The fraction of sp³-hybridized carbons (Fsp3) is 0.818. The lowest BCUT2D eigenvalue weighted by Gasteiger charge is -2.27. The Morgan fingerprint density at radius 2 is 2.11 bits per heavy atom. The van der Waals surface area contributed by atoms with Crippen LogP contribution < -0.4 is 0 Å². The van der Waals surface area contributed by atoms with Crippen molar-refractivity contribution in [1.82, 2.24) is 9.80 Å². The fourth-order valence-electron chi connectivity index (χ4n) is 2.04. The second-order valence-electron chi connectivity index (χ2n) is 4.48. The molecule has 110 valence electrons. The van der Waals surface area contributed by atoms with Crippen LogP contribution in [0, 0.1) is 0 Å². The minimum atomic E-state index is -2.38. The standard InChI is InChI=1S/C11H20N2O5S/c1-12(9-19(16)17)10(11(14)15)3-2-4-13-5-7-18-8-6-13/h9-10H,2-8H2,1H3,(H,14,15)/t10-/m0/s1. The van der Waals surface area contributed by atoms with Crippen molar-refractivity contribution in [3.63, 3.8) is 0 Å². The largest absolute Gasteiger partial charge is 0.480 e. The highest BCUT2D eigenvalue weighted by Crippen LogP contribution is 2.07. The van der Waals surface area contributed by atoms with E-state index in [1.165, 1.54) is 11.9 Å². The third-order valence-corrected chi connectivity index (χ3v) is 3.59. The van der Waals surface area contributed by atoms with Gasteiger partial charge in [0.2, 0.25) is 10.3 Å². The molecule has 1 heterocycles. The van der Waals surface area contributed by atoms with Gasteiger partial charge >= 0.3 is 5.97 Å².